The van der Waals surface area contributed by atoms with Crippen LogP contribution in [0.5, 0.6) is 0 Å². The number of hydrogen-bond donors (Lipinski definition) is 0. The Labute approximate surface area is 149 Å². The van der Waals surface area contributed by atoms with Crippen molar-refractivity contribution in [3.05, 3.63) is 64.5 Å². The maximum atomic E-state index is 8.27. The predicted molar refractivity (Wildman–Crippen MR) is 99.4 cm³/mol. The lowest BCUT2D eigenvalue weighted by Gasteiger charge is -2.24. The van der Waals surface area contributed by atoms with Gasteiger partial charge in [-0.3, -0.25) is 4.98 Å². The Hall–Kier alpha value is -2.13. The van der Waals surface area contributed by atoms with Gasteiger partial charge in [-0.1, -0.05) is 17.7 Å². The van der Waals surface area contributed by atoms with E-state index in [1.165, 1.54) is 27.7 Å². The summed E-state index contributed by atoms with van der Waals surface area (Å²) in [6.07, 6.45) is 1.51. The Bertz CT molecular complexity index is 1060. The average molecular weight is 323 g/mol. The van der Waals surface area contributed by atoms with E-state index >= 15 is 0 Å². The van der Waals surface area contributed by atoms with Gasteiger partial charge in [-0.05, 0) is 56.6 Å². The van der Waals surface area contributed by atoms with Crippen molar-refractivity contribution in [3.63, 3.8) is 0 Å². The average Bonchev–Trinajstić information content (AvgIpc) is 2.97. The molecule has 0 bridgehead atoms. The van der Waals surface area contributed by atoms with Crippen LogP contribution >= 0.6 is 0 Å². The maximum absolute atomic E-state index is 8.27. The molecule has 0 atom stereocenters. The summed E-state index contributed by atoms with van der Waals surface area (Å²) in [5.41, 5.74) is 5.88. The number of rotatable bonds is 3. The Kier molecular flexibility index (Phi) is 2.89. The third kappa shape index (κ3) is 2.73. The highest BCUT2D eigenvalue weighted by Crippen LogP contribution is 2.31. The molecule has 1 aliphatic rings. The fourth-order valence-corrected chi connectivity index (χ4v) is 3.63. The smallest absolute Gasteiger partial charge is 0.0843 e. The third-order valence-corrected chi connectivity index (χ3v) is 4.87. The molecule has 0 radical (unpaired) electrons. The van der Waals surface area contributed by atoms with Gasteiger partial charge in [0.15, 0.2) is 0 Å². The van der Waals surface area contributed by atoms with E-state index in [2.05, 4.69) is 46.6 Å². The molecular weight excluding hydrogens is 294 g/mol. The number of aromatic nitrogens is 2. The van der Waals surface area contributed by atoms with Crippen LogP contribution in [-0.2, 0) is 25.9 Å². The summed E-state index contributed by atoms with van der Waals surface area (Å²) in [4.78, 5) is 6.42. The van der Waals surface area contributed by atoms with Crippen molar-refractivity contribution < 1.29 is 5.48 Å². The van der Waals surface area contributed by atoms with Gasteiger partial charge in [0, 0.05) is 55.9 Å². The highest BCUT2D eigenvalue weighted by molar-refractivity contribution is 5.86. The van der Waals surface area contributed by atoms with E-state index < -0.39 is 0 Å². The molecule has 1 aliphatic heterocycles. The molecule has 0 unspecified atom stereocenters. The van der Waals surface area contributed by atoms with Gasteiger partial charge >= 0.3 is 0 Å². The second-order valence-corrected chi connectivity index (χ2v) is 6.73. The molecule has 3 heterocycles. The van der Waals surface area contributed by atoms with Crippen LogP contribution in [0.15, 0.2) is 36.5 Å². The van der Waals surface area contributed by atoms with Gasteiger partial charge in [0.05, 0.1) is 4.11 Å². The number of fused-ring (bicyclic) bond motifs is 3. The molecule has 3 aromatic rings. The van der Waals surface area contributed by atoms with Crippen LogP contribution in [0.4, 0.5) is 0 Å². The molecule has 0 saturated carbocycles. The van der Waals surface area contributed by atoms with Gasteiger partial charge < -0.3 is 9.47 Å². The molecule has 2 aromatic heterocycles. The first kappa shape index (κ1) is 11.4. The molecule has 0 N–H and O–H groups in total. The lowest BCUT2D eigenvalue weighted by Crippen LogP contribution is -2.27. The number of likely N-dealkylation sites (N-methyl/N-ethyl adjacent to an activating group) is 1. The molecular formula is C21H25N3. The topological polar surface area (TPSA) is 21.1 Å². The monoisotopic (exact) mass is 323 g/mol. The van der Waals surface area contributed by atoms with E-state index in [1.54, 1.807) is 0 Å². The molecule has 0 aliphatic carbocycles. The lowest BCUT2D eigenvalue weighted by molar-refractivity contribution is 0.309. The molecule has 0 fully saturated rings. The molecule has 0 spiro atoms. The van der Waals surface area contributed by atoms with Crippen molar-refractivity contribution in [1.29, 1.82) is 0 Å². The lowest BCUT2D eigenvalue weighted by atomic mass is 10.0. The van der Waals surface area contributed by atoms with Gasteiger partial charge in [0.2, 0.25) is 0 Å². The fourth-order valence-electron chi connectivity index (χ4n) is 3.63. The minimum absolute atomic E-state index is 0.0161. The zero-order valence-corrected chi connectivity index (χ0v) is 14.3. The summed E-state index contributed by atoms with van der Waals surface area (Å²) >= 11 is 0. The molecule has 24 heavy (non-hydrogen) atoms. The van der Waals surface area contributed by atoms with Crippen LogP contribution < -0.4 is 0 Å². The zero-order chi connectivity index (χ0) is 20.0. The summed E-state index contributed by atoms with van der Waals surface area (Å²) in [5, 5.41) is 1.29. The Morgan fingerprint density at radius 1 is 1.33 bits per heavy atom. The van der Waals surface area contributed by atoms with Crippen molar-refractivity contribution in [2.24, 2.45) is 0 Å². The highest BCUT2D eigenvalue weighted by Gasteiger charge is 2.22. The first-order chi connectivity index (χ1) is 13.4. The molecule has 0 amide bonds. The van der Waals surface area contributed by atoms with Crippen LogP contribution in [0, 0.1) is 13.8 Å². The number of pyridine rings is 1. The van der Waals surface area contributed by atoms with E-state index in [4.69, 9.17) is 5.48 Å². The molecule has 1 aromatic carbocycles. The highest BCUT2D eigenvalue weighted by atomic mass is 15.1. The van der Waals surface area contributed by atoms with E-state index in [-0.39, 0.29) is 30.9 Å². The zero-order valence-electron chi connectivity index (χ0n) is 18.3. The van der Waals surface area contributed by atoms with Gasteiger partial charge in [-0.25, -0.2) is 0 Å². The van der Waals surface area contributed by atoms with Crippen LogP contribution in [0.3, 0.4) is 0 Å². The number of aryl methyl sites for hydroxylation is 3. The number of nitrogens with zero attached hydrogens (tertiary/aromatic N) is 3. The normalized spacial score (nSPS) is 17.2. The second-order valence-electron chi connectivity index (χ2n) is 6.73. The second kappa shape index (κ2) is 6.06. The molecule has 124 valence electrons. The number of hydrogen-bond acceptors (Lipinski definition) is 2. The largest absolute Gasteiger partial charge is 0.344 e. The van der Waals surface area contributed by atoms with Crippen molar-refractivity contribution >= 4 is 10.9 Å². The van der Waals surface area contributed by atoms with E-state index in [1.807, 2.05) is 0 Å². The first-order valence-electron chi connectivity index (χ1n) is 10.6. The van der Waals surface area contributed by atoms with Crippen LogP contribution in [0.1, 0.15) is 33.6 Å². The summed E-state index contributed by atoms with van der Waals surface area (Å²) in [6.45, 7) is 4.57. The standard InChI is InChI=1S/C21H25N3/c1-15-4-7-20-18(12-15)19-14-23(3)10-9-21(19)24(20)11-8-17-6-5-16(2)22-13-17/h4-7,12-13H,8-11,14H2,1-3H3/i2D,5D,6D,13D. The minimum atomic E-state index is -0.167. The van der Waals surface area contributed by atoms with Crippen molar-refractivity contribution in [1.82, 2.24) is 14.5 Å². The fraction of sp³-hybridized carbons (Fsp3) is 0.381. The quantitative estimate of drug-likeness (QED) is 0.729. The summed E-state index contributed by atoms with van der Waals surface area (Å²) in [5.74, 6) is 0. The number of benzene rings is 1. The first-order valence-corrected chi connectivity index (χ1v) is 8.44. The van der Waals surface area contributed by atoms with E-state index in [0.717, 1.165) is 19.5 Å². The Morgan fingerprint density at radius 2 is 2.25 bits per heavy atom. The van der Waals surface area contributed by atoms with E-state index in [0.29, 0.717) is 18.5 Å². The summed E-state index contributed by atoms with van der Waals surface area (Å²) < 4.78 is 34.3. The predicted octanol–water partition coefficient (Wildman–Crippen LogP) is 3.88. The minimum Gasteiger partial charge on any atom is -0.344 e. The van der Waals surface area contributed by atoms with Crippen LogP contribution in [0.2, 0.25) is 0 Å². The van der Waals surface area contributed by atoms with Crippen molar-refractivity contribution in [3.8, 4) is 0 Å². The maximum Gasteiger partial charge on any atom is 0.0843 e. The molecule has 0 saturated heterocycles. The summed E-state index contributed by atoms with van der Waals surface area (Å²) in [6, 6.07) is 6.58. The van der Waals surface area contributed by atoms with Crippen LogP contribution in [0.25, 0.3) is 10.9 Å². The van der Waals surface area contributed by atoms with Crippen molar-refractivity contribution in [2.45, 2.75) is 39.8 Å². The van der Waals surface area contributed by atoms with E-state index in [9.17, 15) is 0 Å². The molecule has 3 heteroatoms. The third-order valence-electron chi connectivity index (χ3n) is 4.87. The van der Waals surface area contributed by atoms with Gasteiger partial charge in [0.1, 0.15) is 0 Å². The Morgan fingerprint density at radius 3 is 3.12 bits per heavy atom. The molecule has 3 nitrogen and oxygen atoms in total. The Balaban J connectivity index is 1.75. The SMILES string of the molecule is [2H]Cc1nc([2H])c(CCn2c3c(c4cc(C)ccc42)CN(C)CC3)c([2H])c1[2H]. The van der Waals surface area contributed by atoms with Gasteiger partial charge in [-0.15, -0.1) is 0 Å². The molecule has 4 rings (SSSR count). The van der Waals surface area contributed by atoms with Crippen LogP contribution in [-0.4, -0.2) is 28.0 Å². The van der Waals surface area contributed by atoms with Gasteiger partial charge in [-0.2, -0.15) is 0 Å². The van der Waals surface area contributed by atoms with Crippen molar-refractivity contribution in [2.75, 3.05) is 13.6 Å². The van der Waals surface area contributed by atoms with Gasteiger partial charge in [0.25, 0.3) is 0 Å². The summed E-state index contributed by atoms with van der Waals surface area (Å²) in [7, 11) is 2.15.